The molecule has 0 atom stereocenters. The zero-order valence-corrected chi connectivity index (χ0v) is 19.8. The van der Waals surface area contributed by atoms with Crippen molar-refractivity contribution in [3.05, 3.63) is 96.3 Å². The minimum absolute atomic E-state index is 0.651. The molecule has 0 saturated carbocycles. The van der Waals surface area contributed by atoms with Gasteiger partial charge in [0.15, 0.2) is 0 Å². The van der Waals surface area contributed by atoms with Gasteiger partial charge in [-0.15, -0.1) is 0 Å². The summed E-state index contributed by atoms with van der Waals surface area (Å²) in [5.74, 6) is 0.856. The predicted molar refractivity (Wildman–Crippen MR) is 140 cm³/mol. The number of aromatic nitrogens is 2. The largest absolute Gasteiger partial charge is 0.494 e. The van der Waals surface area contributed by atoms with Crippen molar-refractivity contribution >= 4 is 16.6 Å². The Morgan fingerprint density at radius 1 is 1.00 bits per heavy atom. The summed E-state index contributed by atoms with van der Waals surface area (Å²) in [6.45, 7) is 3.53. The number of para-hydroxylation sites is 1. The third-order valence-corrected chi connectivity index (χ3v) is 6.73. The van der Waals surface area contributed by atoms with Crippen LogP contribution in [0.5, 0.6) is 5.75 Å². The van der Waals surface area contributed by atoms with E-state index < -0.39 is 0 Å². The number of pyridine rings is 1. The molecule has 174 valence electrons. The lowest BCUT2D eigenvalue weighted by Gasteiger charge is -2.17. The summed E-state index contributed by atoms with van der Waals surface area (Å²) < 4.78 is 11.6. The van der Waals surface area contributed by atoms with Crippen molar-refractivity contribution in [2.45, 2.75) is 26.2 Å². The van der Waals surface area contributed by atoms with E-state index in [-0.39, 0.29) is 0 Å². The molecule has 0 aliphatic carbocycles. The quantitative estimate of drug-likeness (QED) is 0.269. The number of rotatable bonds is 7. The molecule has 0 amide bonds. The molecular weight excluding hydrogens is 434 g/mol. The van der Waals surface area contributed by atoms with E-state index in [2.05, 4.69) is 65.6 Å². The van der Waals surface area contributed by atoms with E-state index in [1.807, 2.05) is 18.3 Å². The second kappa shape index (κ2) is 9.26. The van der Waals surface area contributed by atoms with Gasteiger partial charge in [-0.3, -0.25) is 9.98 Å². The average Bonchev–Trinajstić information content (AvgIpc) is 3.57. The van der Waals surface area contributed by atoms with E-state index in [9.17, 15) is 0 Å². The second-order valence-electron chi connectivity index (χ2n) is 8.97. The monoisotopic (exact) mass is 461 g/mol. The lowest BCUT2D eigenvalue weighted by molar-refractivity contribution is 0.311. The van der Waals surface area contributed by atoms with Crippen molar-refractivity contribution in [1.29, 1.82) is 0 Å². The third-order valence-electron chi connectivity index (χ3n) is 6.73. The van der Waals surface area contributed by atoms with E-state index in [0.717, 1.165) is 70.8 Å². The highest BCUT2D eigenvalue weighted by atomic mass is 16.5. The number of H-pyrrole nitrogens is 1. The van der Waals surface area contributed by atoms with Gasteiger partial charge in [-0.1, -0.05) is 18.2 Å². The molecule has 5 nitrogen and oxygen atoms in total. The fourth-order valence-electron chi connectivity index (χ4n) is 4.88. The van der Waals surface area contributed by atoms with E-state index in [0.29, 0.717) is 6.61 Å². The number of furan rings is 1. The van der Waals surface area contributed by atoms with Crippen LogP contribution in [0.4, 0.5) is 0 Å². The van der Waals surface area contributed by atoms with Crippen LogP contribution in [-0.4, -0.2) is 28.8 Å². The fraction of sp³-hybridized carbons (Fsp3) is 0.200. The van der Waals surface area contributed by atoms with E-state index in [4.69, 9.17) is 14.1 Å². The van der Waals surface area contributed by atoms with Crippen LogP contribution in [0.1, 0.15) is 30.2 Å². The summed E-state index contributed by atoms with van der Waals surface area (Å²) in [7, 11) is 0. The van der Waals surface area contributed by atoms with Crippen LogP contribution in [-0.2, 0) is 12.8 Å². The number of aryl methyl sites for hydroxylation is 1. The number of fused-ring (bicyclic) bond motifs is 2. The van der Waals surface area contributed by atoms with Crippen LogP contribution in [0, 0.1) is 0 Å². The highest BCUT2D eigenvalue weighted by Crippen LogP contribution is 2.36. The fourth-order valence-corrected chi connectivity index (χ4v) is 4.88. The first kappa shape index (κ1) is 21.4. The SMILES string of the molecule is CC1=NCCc2ncc(-c3cc(OCCCc4c[nH]c5ccccc45)ccc3-c3ccoc3)cc21. The summed E-state index contributed by atoms with van der Waals surface area (Å²) in [6.07, 6.45) is 10.4. The molecule has 0 saturated heterocycles. The normalized spacial score (nSPS) is 13.0. The first-order valence-corrected chi connectivity index (χ1v) is 12.1. The van der Waals surface area contributed by atoms with Crippen molar-refractivity contribution in [1.82, 2.24) is 9.97 Å². The van der Waals surface area contributed by atoms with Gasteiger partial charge in [0.05, 0.1) is 24.8 Å². The molecule has 5 aromatic rings. The molecule has 35 heavy (non-hydrogen) atoms. The Kier molecular flexibility index (Phi) is 5.67. The number of nitrogens with zero attached hydrogens (tertiary/aromatic N) is 2. The molecule has 6 rings (SSSR count). The zero-order valence-electron chi connectivity index (χ0n) is 19.8. The number of aliphatic imine (C=N–C) groups is 1. The molecule has 2 aromatic carbocycles. The standard InChI is InChI=1S/C30H27N3O2/c1-20-27-15-23(18-33-30(27)10-12-31-20)28-16-24(8-9-25(28)22-11-14-34-19-22)35-13-4-5-21-17-32-29-7-3-2-6-26(21)29/h2-3,6-9,11,14-19,32H,4-5,10,12-13H2,1H3. The highest BCUT2D eigenvalue weighted by molar-refractivity contribution is 6.01. The van der Waals surface area contributed by atoms with Crippen molar-refractivity contribution in [2.24, 2.45) is 4.99 Å². The first-order chi connectivity index (χ1) is 17.3. The molecule has 3 aromatic heterocycles. The lowest BCUT2D eigenvalue weighted by Crippen LogP contribution is -2.11. The van der Waals surface area contributed by atoms with Gasteiger partial charge < -0.3 is 14.1 Å². The van der Waals surface area contributed by atoms with E-state index in [1.165, 1.54) is 16.5 Å². The predicted octanol–water partition coefficient (Wildman–Crippen LogP) is 6.87. The number of benzene rings is 2. The summed E-state index contributed by atoms with van der Waals surface area (Å²) in [4.78, 5) is 12.8. The molecular formula is C30H27N3O2. The Hall–Kier alpha value is -4.12. The van der Waals surface area contributed by atoms with Gasteiger partial charge >= 0.3 is 0 Å². The van der Waals surface area contributed by atoms with Gasteiger partial charge in [0.1, 0.15) is 5.75 Å². The Bertz CT molecular complexity index is 1510. The smallest absolute Gasteiger partial charge is 0.119 e. The Morgan fingerprint density at radius 2 is 1.94 bits per heavy atom. The van der Waals surface area contributed by atoms with Gasteiger partial charge in [-0.2, -0.15) is 0 Å². The summed E-state index contributed by atoms with van der Waals surface area (Å²) in [6, 6.07) is 18.9. The van der Waals surface area contributed by atoms with Crippen molar-refractivity contribution in [2.75, 3.05) is 13.2 Å². The van der Waals surface area contributed by atoms with Crippen molar-refractivity contribution < 1.29 is 9.15 Å². The lowest BCUT2D eigenvalue weighted by atomic mass is 9.94. The van der Waals surface area contributed by atoms with Crippen LogP contribution < -0.4 is 4.74 Å². The molecule has 0 unspecified atom stereocenters. The molecule has 1 N–H and O–H groups in total. The first-order valence-electron chi connectivity index (χ1n) is 12.1. The Morgan fingerprint density at radius 3 is 2.86 bits per heavy atom. The maximum absolute atomic E-state index is 6.21. The third kappa shape index (κ3) is 4.26. The van der Waals surface area contributed by atoms with Gasteiger partial charge in [0, 0.05) is 58.7 Å². The van der Waals surface area contributed by atoms with Crippen LogP contribution in [0.15, 0.2) is 88.9 Å². The van der Waals surface area contributed by atoms with Crippen LogP contribution in [0.2, 0.25) is 0 Å². The Labute approximate surface area is 204 Å². The van der Waals surface area contributed by atoms with Crippen LogP contribution in [0.3, 0.4) is 0 Å². The average molecular weight is 462 g/mol. The molecule has 0 fully saturated rings. The maximum atomic E-state index is 6.21. The second-order valence-corrected chi connectivity index (χ2v) is 8.97. The molecule has 1 aliphatic heterocycles. The highest BCUT2D eigenvalue weighted by Gasteiger charge is 2.16. The zero-order chi connectivity index (χ0) is 23.6. The number of ether oxygens (including phenoxy) is 1. The molecule has 5 heteroatoms. The minimum atomic E-state index is 0.651. The van der Waals surface area contributed by atoms with E-state index in [1.54, 1.807) is 12.5 Å². The Balaban J connectivity index is 1.24. The number of nitrogens with one attached hydrogen (secondary N) is 1. The van der Waals surface area contributed by atoms with Gasteiger partial charge in [-0.25, -0.2) is 0 Å². The number of hydrogen-bond donors (Lipinski definition) is 1. The van der Waals surface area contributed by atoms with Gasteiger partial charge in [0.25, 0.3) is 0 Å². The van der Waals surface area contributed by atoms with Crippen LogP contribution >= 0.6 is 0 Å². The van der Waals surface area contributed by atoms with Crippen LogP contribution in [0.25, 0.3) is 33.2 Å². The van der Waals surface area contributed by atoms with Gasteiger partial charge in [0.2, 0.25) is 0 Å². The molecule has 4 heterocycles. The maximum Gasteiger partial charge on any atom is 0.119 e. The summed E-state index contributed by atoms with van der Waals surface area (Å²) in [5, 5.41) is 1.29. The topological polar surface area (TPSA) is 63.4 Å². The summed E-state index contributed by atoms with van der Waals surface area (Å²) >= 11 is 0. The van der Waals surface area contributed by atoms with Gasteiger partial charge in [-0.05, 0) is 72.9 Å². The minimum Gasteiger partial charge on any atom is -0.494 e. The number of aromatic amines is 1. The van der Waals surface area contributed by atoms with Crippen molar-refractivity contribution in [3.8, 4) is 28.0 Å². The molecule has 1 aliphatic rings. The van der Waals surface area contributed by atoms with E-state index >= 15 is 0 Å². The molecule has 0 spiro atoms. The number of hydrogen-bond acceptors (Lipinski definition) is 4. The molecule has 0 bridgehead atoms. The molecule has 0 radical (unpaired) electrons. The van der Waals surface area contributed by atoms with Crippen molar-refractivity contribution in [3.63, 3.8) is 0 Å². The summed E-state index contributed by atoms with van der Waals surface area (Å²) in [5.41, 5.74) is 10.1.